The van der Waals surface area contributed by atoms with Crippen LogP contribution in [0.2, 0.25) is 5.02 Å². The van der Waals surface area contributed by atoms with Gasteiger partial charge in [-0.1, -0.05) is 41.9 Å². The Morgan fingerprint density at radius 2 is 1.95 bits per heavy atom. The Bertz CT molecular complexity index is 669. The predicted molar refractivity (Wildman–Crippen MR) is 78.0 cm³/mol. The fraction of sp³-hybridized carbons (Fsp3) is 0.133. The molecule has 0 aromatic heterocycles. The second kappa shape index (κ2) is 5.84. The first-order chi connectivity index (χ1) is 9.56. The fourth-order valence-corrected chi connectivity index (χ4v) is 2.41. The molecule has 2 rings (SSSR count). The van der Waals surface area contributed by atoms with E-state index in [1.165, 1.54) is 0 Å². The molecule has 4 nitrogen and oxygen atoms in total. The van der Waals surface area contributed by atoms with Crippen LogP contribution in [0.5, 0.6) is 0 Å². The molecule has 102 valence electrons. The first-order valence-electron chi connectivity index (χ1n) is 6.01. The molecule has 2 aromatic carbocycles. The van der Waals surface area contributed by atoms with Crippen molar-refractivity contribution in [2.45, 2.75) is 13.3 Å². The third-order valence-electron chi connectivity index (χ3n) is 3.12. The first-order valence-corrected chi connectivity index (χ1v) is 6.39. The van der Waals surface area contributed by atoms with Gasteiger partial charge in [-0.3, -0.25) is 10.1 Å². The molecule has 0 aliphatic heterocycles. The second-order valence-corrected chi connectivity index (χ2v) is 4.77. The van der Waals surface area contributed by atoms with Crippen molar-refractivity contribution < 1.29 is 9.72 Å². The van der Waals surface area contributed by atoms with E-state index in [2.05, 4.69) is 0 Å². The van der Waals surface area contributed by atoms with Gasteiger partial charge in [0, 0.05) is 12.0 Å². The summed E-state index contributed by atoms with van der Waals surface area (Å²) in [6, 6.07) is 10.6. The number of nitro benzene ring substituents is 1. The van der Waals surface area contributed by atoms with Gasteiger partial charge in [0.1, 0.15) is 6.29 Å². The van der Waals surface area contributed by atoms with Gasteiger partial charge in [-0.2, -0.15) is 0 Å². The van der Waals surface area contributed by atoms with E-state index in [0.717, 1.165) is 6.29 Å². The first kappa shape index (κ1) is 14.2. The molecule has 0 radical (unpaired) electrons. The van der Waals surface area contributed by atoms with Gasteiger partial charge in [0.2, 0.25) is 0 Å². The molecule has 0 saturated carbocycles. The van der Waals surface area contributed by atoms with Gasteiger partial charge in [0.15, 0.2) is 0 Å². The van der Waals surface area contributed by atoms with Gasteiger partial charge in [-0.05, 0) is 24.1 Å². The third-order valence-corrected chi connectivity index (χ3v) is 3.51. The van der Waals surface area contributed by atoms with E-state index in [0.29, 0.717) is 27.3 Å². The average Bonchev–Trinajstić information content (AvgIpc) is 2.43. The molecule has 0 amide bonds. The highest BCUT2D eigenvalue weighted by molar-refractivity contribution is 6.32. The number of benzene rings is 2. The highest BCUT2D eigenvalue weighted by atomic mass is 35.5. The fourth-order valence-electron chi connectivity index (χ4n) is 2.19. The molecule has 0 spiro atoms. The minimum Gasteiger partial charge on any atom is -0.303 e. The molecule has 20 heavy (non-hydrogen) atoms. The number of nitrogens with zero attached hydrogens (tertiary/aromatic N) is 1. The van der Waals surface area contributed by atoms with Gasteiger partial charge in [0.25, 0.3) is 5.69 Å². The minimum absolute atomic E-state index is 0.0412. The molecule has 0 heterocycles. The summed E-state index contributed by atoms with van der Waals surface area (Å²) in [4.78, 5) is 21.8. The molecule has 2 aromatic rings. The van der Waals surface area contributed by atoms with Crippen LogP contribution >= 0.6 is 11.6 Å². The van der Waals surface area contributed by atoms with Crippen molar-refractivity contribution in [2.75, 3.05) is 0 Å². The summed E-state index contributed by atoms with van der Waals surface area (Å²) in [5.41, 5.74) is 2.10. The van der Waals surface area contributed by atoms with Crippen LogP contribution in [0.3, 0.4) is 0 Å². The van der Waals surface area contributed by atoms with Crippen molar-refractivity contribution in [1.82, 2.24) is 0 Å². The zero-order chi connectivity index (χ0) is 14.7. The number of rotatable bonds is 4. The molecule has 0 bridgehead atoms. The van der Waals surface area contributed by atoms with Crippen molar-refractivity contribution in [3.05, 3.63) is 62.7 Å². The lowest BCUT2D eigenvalue weighted by atomic mass is 9.93. The minimum atomic E-state index is -0.447. The quantitative estimate of drug-likeness (QED) is 0.486. The van der Waals surface area contributed by atoms with Gasteiger partial charge >= 0.3 is 0 Å². The van der Waals surface area contributed by atoms with Crippen LogP contribution in [-0.4, -0.2) is 11.2 Å². The summed E-state index contributed by atoms with van der Waals surface area (Å²) >= 11 is 6.04. The van der Waals surface area contributed by atoms with E-state index >= 15 is 0 Å². The average molecular weight is 290 g/mol. The summed E-state index contributed by atoms with van der Waals surface area (Å²) in [7, 11) is 0. The Morgan fingerprint density at radius 3 is 2.50 bits per heavy atom. The standard InChI is InChI=1S/C15H12ClNO3/c1-10-13(16)9-12(7-8-18)14(15(10)17(19)20)11-5-3-2-4-6-11/h2-6,8-9H,7H2,1H3. The molecule has 0 fully saturated rings. The summed E-state index contributed by atoms with van der Waals surface area (Å²) in [5, 5.41) is 11.7. The van der Waals surface area contributed by atoms with E-state index in [1.807, 2.05) is 6.07 Å². The van der Waals surface area contributed by atoms with Crippen molar-refractivity contribution in [2.24, 2.45) is 0 Å². The summed E-state index contributed by atoms with van der Waals surface area (Å²) in [5.74, 6) is 0. The van der Waals surface area contributed by atoms with Crippen LogP contribution in [0.1, 0.15) is 11.1 Å². The zero-order valence-electron chi connectivity index (χ0n) is 10.8. The number of aldehydes is 1. The van der Waals surface area contributed by atoms with Crippen LogP contribution in [0.15, 0.2) is 36.4 Å². The smallest absolute Gasteiger partial charge is 0.281 e. The number of nitro groups is 1. The maximum atomic E-state index is 11.4. The largest absolute Gasteiger partial charge is 0.303 e. The van der Waals surface area contributed by atoms with Crippen molar-refractivity contribution >= 4 is 23.6 Å². The highest BCUT2D eigenvalue weighted by Crippen LogP contribution is 2.39. The second-order valence-electron chi connectivity index (χ2n) is 4.36. The molecule has 0 N–H and O–H groups in total. The van der Waals surface area contributed by atoms with E-state index in [9.17, 15) is 14.9 Å². The number of halogens is 1. The molecule has 0 aliphatic rings. The van der Waals surface area contributed by atoms with Crippen LogP contribution in [0, 0.1) is 17.0 Å². The van der Waals surface area contributed by atoms with Crippen LogP contribution in [0.25, 0.3) is 11.1 Å². The monoisotopic (exact) mass is 289 g/mol. The van der Waals surface area contributed by atoms with Crippen molar-refractivity contribution in [3.8, 4) is 11.1 Å². The number of carbonyl (C=O) groups is 1. The maximum Gasteiger partial charge on any atom is 0.281 e. The third kappa shape index (κ3) is 2.56. The van der Waals surface area contributed by atoms with Gasteiger partial charge in [0.05, 0.1) is 15.5 Å². The van der Waals surface area contributed by atoms with Crippen LogP contribution in [-0.2, 0) is 11.2 Å². The number of hydrogen-bond donors (Lipinski definition) is 0. The maximum absolute atomic E-state index is 11.4. The van der Waals surface area contributed by atoms with Crippen molar-refractivity contribution in [1.29, 1.82) is 0 Å². The number of hydrogen-bond acceptors (Lipinski definition) is 3. The Hall–Kier alpha value is -2.20. The van der Waals surface area contributed by atoms with Gasteiger partial charge in [-0.25, -0.2) is 0 Å². The van der Waals surface area contributed by atoms with Crippen LogP contribution < -0.4 is 0 Å². The Labute approximate surface area is 121 Å². The molecule has 0 atom stereocenters. The summed E-state index contributed by atoms with van der Waals surface area (Å²) in [6.45, 7) is 1.61. The van der Waals surface area contributed by atoms with E-state index in [1.54, 1.807) is 37.3 Å². The van der Waals surface area contributed by atoms with E-state index < -0.39 is 4.92 Å². The highest BCUT2D eigenvalue weighted by Gasteiger charge is 2.24. The lowest BCUT2D eigenvalue weighted by Gasteiger charge is -2.12. The Kier molecular flexibility index (Phi) is 4.15. The zero-order valence-corrected chi connectivity index (χ0v) is 11.6. The van der Waals surface area contributed by atoms with Crippen molar-refractivity contribution in [3.63, 3.8) is 0 Å². The lowest BCUT2D eigenvalue weighted by molar-refractivity contribution is -0.384. The molecular weight excluding hydrogens is 278 g/mol. The van der Waals surface area contributed by atoms with E-state index in [4.69, 9.17) is 11.6 Å². The van der Waals surface area contributed by atoms with Gasteiger partial charge < -0.3 is 4.79 Å². The van der Waals surface area contributed by atoms with E-state index in [-0.39, 0.29) is 12.1 Å². The molecule has 5 heteroatoms. The van der Waals surface area contributed by atoms with Gasteiger partial charge in [-0.15, -0.1) is 0 Å². The predicted octanol–water partition coefficient (Wildman–Crippen LogP) is 3.97. The number of carbonyl (C=O) groups excluding carboxylic acids is 1. The molecule has 0 aliphatic carbocycles. The molecule has 0 unspecified atom stereocenters. The molecule has 0 saturated heterocycles. The Morgan fingerprint density at radius 1 is 1.30 bits per heavy atom. The normalized spacial score (nSPS) is 10.3. The SMILES string of the molecule is Cc1c(Cl)cc(CC=O)c(-c2ccccc2)c1[N+](=O)[O-]. The summed E-state index contributed by atoms with van der Waals surface area (Å²) < 4.78 is 0. The van der Waals surface area contributed by atoms with Crippen LogP contribution in [0.4, 0.5) is 5.69 Å². The summed E-state index contributed by atoms with van der Waals surface area (Å²) in [6.07, 6.45) is 0.808. The molecular formula is C15H12ClNO3. The lowest BCUT2D eigenvalue weighted by Crippen LogP contribution is -2.01. The topological polar surface area (TPSA) is 60.2 Å². The Balaban J connectivity index is 2.84.